The highest BCUT2D eigenvalue weighted by Crippen LogP contribution is 2.09. The molecule has 0 aliphatic heterocycles. The molecule has 0 aliphatic carbocycles. The van der Waals surface area contributed by atoms with Crippen molar-refractivity contribution in [3.63, 3.8) is 0 Å². The molecule has 13 heavy (non-hydrogen) atoms. The summed E-state index contributed by atoms with van der Waals surface area (Å²) >= 11 is 0. The second-order valence-corrected chi connectivity index (χ2v) is 3.59. The fraction of sp³-hybridized carbons (Fsp3) is 0.700. The minimum Gasteiger partial charge on any atom is -0.337 e. The van der Waals surface area contributed by atoms with Gasteiger partial charge in [0.25, 0.3) is 0 Å². The van der Waals surface area contributed by atoms with E-state index < -0.39 is 0 Å². The van der Waals surface area contributed by atoms with E-state index in [0.29, 0.717) is 12.1 Å². The van der Waals surface area contributed by atoms with E-state index in [4.69, 9.17) is 0 Å². The highest BCUT2D eigenvalue weighted by Gasteiger charge is 2.11. The summed E-state index contributed by atoms with van der Waals surface area (Å²) in [7, 11) is 2.02. The van der Waals surface area contributed by atoms with Crippen LogP contribution in [0.3, 0.4) is 0 Å². The number of hydrogen-bond acceptors (Lipinski definition) is 2. The third kappa shape index (κ3) is 2.56. The first kappa shape index (κ1) is 10.3. The van der Waals surface area contributed by atoms with Crippen LogP contribution in [0, 0.1) is 0 Å². The van der Waals surface area contributed by atoms with Crippen LogP contribution in [0.4, 0.5) is 0 Å². The van der Waals surface area contributed by atoms with Gasteiger partial charge in [0.05, 0.1) is 6.04 Å². The Morgan fingerprint density at radius 3 is 2.69 bits per heavy atom. The summed E-state index contributed by atoms with van der Waals surface area (Å²) in [6.07, 6.45) is 4.96. The standard InChI is InChI=1S/C10H19N3/c1-5-8(2)12-9(3)10-11-6-7-13(10)4/h6-9,12H,5H2,1-4H3. The van der Waals surface area contributed by atoms with Crippen molar-refractivity contribution in [1.29, 1.82) is 0 Å². The number of hydrogen-bond donors (Lipinski definition) is 1. The molecule has 1 aromatic rings. The van der Waals surface area contributed by atoms with Gasteiger partial charge in [0.1, 0.15) is 5.82 Å². The van der Waals surface area contributed by atoms with E-state index in [1.165, 1.54) is 0 Å². The molecule has 2 atom stereocenters. The first-order chi connectivity index (χ1) is 6.15. The number of nitrogens with zero attached hydrogens (tertiary/aromatic N) is 2. The average Bonchev–Trinajstić information content (AvgIpc) is 2.51. The first-order valence-electron chi connectivity index (χ1n) is 4.88. The van der Waals surface area contributed by atoms with Crippen LogP contribution in [0.25, 0.3) is 0 Å². The summed E-state index contributed by atoms with van der Waals surface area (Å²) in [6.45, 7) is 6.52. The van der Waals surface area contributed by atoms with Crippen LogP contribution in [0.1, 0.15) is 39.1 Å². The Hall–Kier alpha value is -0.830. The van der Waals surface area contributed by atoms with Crippen molar-refractivity contribution in [2.24, 2.45) is 7.05 Å². The van der Waals surface area contributed by atoms with E-state index >= 15 is 0 Å². The Morgan fingerprint density at radius 2 is 2.23 bits per heavy atom. The van der Waals surface area contributed by atoms with Crippen molar-refractivity contribution in [3.8, 4) is 0 Å². The molecule has 0 saturated heterocycles. The van der Waals surface area contributed by atoms with Gasteiger partial charge in [-0.2, -0.15) is 0 Å². The molecule has 0 spiro atoms. The summed E-state index contributed by atoms with van der Waals surface area (Å²) in [6, 6.07) is 0.877. The maximum absolute atomic E-state index is 4.30. The molecule has 1 rings (SSSR count). The molecule has 1 aromatic heterocycles. The molecule has 0 aromatic carbocycles. The lowest BCUT2D eigenvalue weighted by atomic mass is 10.2. The van der Waals surface area contributed by atoms with Crippen LogP contribution in [-0.4, -0.2) is 15.6 Å². The molecule has 2 unspecified atom stereocenters. The van der Waals surface area contributed by atoms with Crippen molar-refractivity contribution in [3.05, 3.63) is 18.2 Å². The number of imidazole rings is 1. The van der Waals surface area contributed by atoms with Crippen molar-refractivity contribution < 1.29 is 0 Å². The Kier molecular flexibility index (Phi) is 3.48. The van der Waals surface area contributed by atoms with Gasteiger partial charge in [-0.25, -0.2) is 4.98 Å². The maximum atomic E-state index is 4.30. The minimum absolute atomic E-state index is 0.329. The minimum atomic E-state index is 0.329. The summed E-state index contributed by atoms with van der Waals surface area (Å²) in [5.74, 6) is 1.10. The SMILES string of the molecule is CCC(C)NC(C)c1nccn1C. The zero-order valence-electron chi connectivity index (χ0n) is 8.91. The van der Waals surface area contributed by atoms with Crippen molar-refractivity contribution in [1.82, 2.24) is 14.9 Å². The Morgan fingerprint density at radius 1 is 1.54 bits per heavy atom. The van der Waals surface area contributed by atoms with E-state index in [2.05, 4.69) is 35.6 Å². The summed E-state index contributed by atoms with van der Waals surface area (Å²) in [5, 5.41) is 3.49. The van der Waals surface area contributed by atoms with Gasteiger partial charge < -0.3 is 9.88 Å². The van der Waals surface area contributed by atoms with E-state index in [-0.39, 0.29) is 0 Å². The number of aryl methyl sites for hydroxylation is 1. The molecule has 1 N–H and O–H groups in total. The molecule has 3 nitrogen and oxygen atoms in total. The molecule has 74 valence electrons. The van der Waals surface area contributed by atoms with Gasteiger partial charge in [-0.3, -0.25) is 0 Å². The zero-order valence-corrected chi connectivity index (χ0v) is 8.91. The Bertz CT molecular complexity index is 254. The van der Waals surface area contributed by atoms with Gasteiger partial charge in [-0.15, -0.1) is 0 Å². The topological polar surface area (TPSA) is 29.9 Å². The van der Waals surface area contributed by atoms with Gasteiger partial charge in [-0.05, 0) is 20.3 Å². The molecule has 0 amide bonds. The quantitative estimate of drug-likeness (QED) is 0.768. The van der Waals surface area contributed by atoms with Crippen LogP contribution in [0.2, 0.25) is 0 Å². The highest BCUT2D eigenvalue weighted by molar-refractivity contribution is 4.97. The maximum Gasteiger partial charge on any atom is 0.125 e. The lowest BCUT2D eigenvalue weighted by molar-refractivity contribution is 0.447. The third-order valence-corrected chi connectivity index (χ3v) is 2.39. The summed E-state index contributed by atoms with van der Waals surface area (Å²) in [4.78, 5) is 4.30. The van der Waals surface area contributed by atoms with E-state index in [0.717, 1.165) is 12.2 Å². The molecule has 1 heterocycles. The molecule has 0 radical (unpaired) electrons. The smallest absolute Gasteiger partial charge is 0.125 e. The van der Waals surface area contributed by atoms with Gasteiger partial charge in [0.2, 0.25) is 0 Å². The first-order valence-corrected chi connectivity index (χ1v) is 4.88. The number of rotatable bonds is 4. The Balaban J connectivity index is 2.58. The zero-order chi connectivity index (χ0) is 9.84. The predicted octanol–water partition coefficient (Wildman–Crippen LogP) is 1.87. The molecule has 0 saturated carbocycles. The van der Waals surface area contributed by atoms with Crippen molar-refractivity contribution in [2.45, 2.75) is 39.3 Å². The normalized spacial score (nSPS) is 15.7. The average molecular weight is 181 g/mol. The van der Waals surface area contributed by atoms with E-state index in [9.17, 15) is 0 Å². The Labute approximate surface area is 80.2 Å². The predicted molar refractivity (Wildman–Crippen MR) is 54.5 cm³/mol. The molecular formula is C10H19N3. The van der Waals surface area contributed by atoms with E-state index in [1.807, 2.05) is 19.4 Å². The highest BCUT2D eigenvalue weighted by atomic mass is 15.1. The lowest BCUT2D eigenvalue weighted by Crippen LogP contribution is -2.29. The monoisotopic (exact) mass is 181 g/mol. The van der Waals surface area contributed by atoms with Crippen LogP contribution in [0.15, 0.2) is 12.4 Å². The largest absolute Gasteiger partial charge is 0.337 e. The third-order valence-electron chi connectivity index (χ3n) is 2.39. The van der Waals surface area contributed by atoms with Crippen molar-refractivity contribution in [2.75, 3.05) is 0 Å². The van der Waals surface area contributed by atoms with Crippen LogP contribution < -0.4 is 5.32 Å². The van der Waals surface area contributed by atoms with E-state index in [1.54, 1.807) is 0 Å². The van der Waals surface area contributed by atoms with Crippen LogP contribution >= 0.6 is 0 Å². The van der Waals surface area contributed by atoms with Crippen LogP contribution in [0.5, 0.6) is 0 Å². The summed E-state index contributed by atoms with van der Waals surface area (Å²) in [5.41, 5.74) is 0. The van der Waals surface area contributed by atoms with Crippen LogP contribution in [-0.2, 0) is 7.05 Å². The lowest BCUT2D eigenvalue weighted by Gasteiger charge is -2.18. The molecular weight excluding hydrogens is 162 g/mol. The van der Waals surface area contributed by atoms with Crippen molar-refractivity contribution >= 4 is 0 Å². The summed E-state index contributed by atoms with van der Waals surface area (Å²) < 4.78 is 2.06. The number of aromatic nitrogens is 2. The number of nitrogens with one attached hydrogen (secondary N) is 1. The van der Waals surface area contributed by atoms with Gasteiger partial charge in [-0.1, -0.05) is 6.92 Å². The second kappa shape index (κ2) is 4.42. The molecule has 0 aliphatic rings. The van der Waals surface area contributed by atoms with Gasteiger partial charge in [0.15, 0.2) is 0 Å². The molecule has 3 heteroatoms. The molecule has 0 fully saturated rings. The fourth-order valence-corrected chi connectivity index (χ4v) is 1.41. The van der Waals surface area contributed by atoms with Gasteiger partial charge in [0, 0.05) is 25.5 Å². The van der Waals surface area contributed by atoms with Gasteiger partial charge >= 0.3 is 0 Å². The fourth-order valence-electron chi connectivity index (χ4n) is 1.41. The second-order valence-electron chi connectivity index (χ2n) is 3.59. The molecule has 0 bridgehead atoms.